The Balaban J connectivity index is 1.78. The minimum Gasteiger partial charge on any atom is -0.267 e. The van der Waals surface area contributed by atoms with Crippen LogP contribution in [0.4, 0.5) is 0 Å². The number of nitrogens with one attached hydrogen (secondary N) is 1. The molecular formula is C15H12N4O. The SMILES string of the molecule is O=C(Nn1cnnc1)c1ccc(-c2ccccc2)cc1. The van der Waals surface area contributed by atoms with Gasteiger partial charge in [-0.05, 0) is 23.3 Å². The van der Waals surface area contributed by atoms with E-state index in [0.29, 0.717) is 5.56 Å². The summed E-state index contributed by atoms with van der Waals surface area (Å²) >= 11 is 0. The van der Waals surface area contributed by atoms with Crippen LogP contribution in [0.1, 0.15) is 10.4 Å². The zero-order valence-electron chi connectivity index (χ0n) is 10.6. The minimum atomic E-state index is -0.204. The van der Waals surface area contributed by atoms with Crippen molar-refractivity contribution in [2.45, 2.75) is 0 Å². The molecule has 3 rings (SSSR count). The van der Waals surface area contributed by atoms with Crippen molar-refractivity contribution in [1.82, 2.24) is 14.9 Å². The van der Waals surface area contributed by atoms with E-state index in [1.165, 1.54) is 17.3 Å². The topological polar surface area (TPSA) is 59.8 Å². The Morgan fingerprint density at radius 2 is 1.45 bits per heavy atom. The van der Waals surface area contributed by atoms with Gasteiger partial charge in [0.1, 0.15) is 12.7 Å². The number of benzene rings is 2. The first kappa shape index (κ1) is 12.1. The fraction of sp³-hybridized carbons (Fsp3) is 0. The molecule has 0 aliphatic carbocycles. The second-order valence-electron chi connectivity index (χ2n) is 4.25. The summed E-state index contributed by atoms with van der Waals surface area (Å²) in [4.78, 5) is 12.0. The molecule has 0 bridgehead atoms. The summed E-state index contributed by atoms with van der Waals surface area (Å²) in [6, 6.07) is 17.5. The summed E-state index contributed by atoms with van der Waals surface area (Å²) in [6.45, 7) is 0. The van der Waals surface area contributed by atoms with Crippen molar-refractivity contribution in [3.63, 3.8) is 0 Å². The summed E-state index contributed by atoms with van der Waals surface area (Å²) in [7, 11) is 0. The van der Waals surface area contributed by atoms with Gasteiger partial charge in [-0.2, -0.15) is 0 Å². The highest BCUT2D eigenvalue weighted by molar-refractivity contribution is 6.00. The summed E-state index contributed by atoms with van der Waals surface area (Å²) < 4.78 is 1.41. The Morgan fingerprint density at radius 3 is 2.10 bits per heavy atom. The van der Waals surface area contributed by atoms with Crippen LogP contribution < -0.4 is 5.43 Å². The molecule has 0 aliphatic heterocycles. The van der Waals surface area contributed by atoms with Gasteiger partial charge in [0.05, 0.1) is 0 Å². The number of carbonyl (C=O) groups excluding carboxylic acids is 1. The van der Waals surface area contributed by atoms with Crippen molar-refractivity contribution < 1.29 is 4.79 Å². The highest BCUT2D eigenvalue weighted by Gasteiger charge is 2.06. The Hall–Kier alpha value is -2.95. The number of nitrogens with zero attached hydrogens (tertiary/aromatic N) is 3. The smallest absolute Gasteiger partial charge is 0.267 e. The van der Waals surface area contributed by atoms with Gasteiger partial charge in [0.2, 0.25) is 0 Å². The van der Waals surface area contributed by atoms with Crippen LogP contribution in [0.2, 0.25) is 0 Å². The van der Waals surface area contributed by atoms with Crippen molar-refractivity contribution in [2.75, 3.05) is 5.43 Å². The first-order valence-electron chi connectivity index (χ1n) is 6.14. The van der Waals surface area contributed by atoms with Crippen molar-refractivity contribution in [2.24, 2.45) is 0 Å². The molecule has 0 spiro atoms. The number of carbonyl (C=O) groups is 1. The van der Waals surface area contributed by atoms with Crippen molar-refractivity contribution >= 4 is 5.91 Å². The van der Waals surface area contributed by atoms with Crippen LogP contribution in [-0.2, 0) is 0 Å². The molecule has 1 N–H and O–H groups in total. The molecule has 98 valence electrons. The molecule has 0 unspecified atom stereocenters. The molecule has 3 aromatic rings. The Bertz CT molecular complexity index is 691. The van der Waals surface area contributed by atoms with E-state index in [4.69, 9.17) is 0 Å². The highest BCUT2D eigenvalue weighted by Crippen LogP contribution is 2.19. The van der Waals surface area contributed by atoms with Gasteiger partial charge < -0.3 is 0 Å². The normalized spacial score (nSPS) is 10.2. The van der Waals surface area contributed by atoms with Gasteiger partial charge >= 0.3 is 0 Å². The Morgan fingerprint density at radius 1 is 0.850 bits per heavy atom. The molecule has 5 heteroatoms. The summed E-state index contributed by atoms with van der Waals surface area (Å²) in [5.41, 5.74) is 5.43. The largest absolute Gasteiger partial charge is 0.270 e. The van der Waals surface area contributed by atoms with E-state index in [1.807, 2.05) is 42.5 Å². The lowest BCUT2D eigenvalue weighted by Gasteiger charge is -2.06. The number of rotatable bonds is 3. The lowest BCUT2D eigenvalue weighted by Crippen LogP contribution is -2.21. The van der Waals surface area contributed by atoms with E-state index in [1.54, 1.807) is 12.1 Å². The monoisotopic (exact) mass is 264 g/mol. The maximum Gasteiger partial charge on any atom is 0.270 e. The van der Waals surface area contributed by atoms with Crippen LogP contribution in [0.5, 0.6) is 0 Å². The molecule has 20 heavy (non-hydrogen) atoms. The number of aromatic nitrogens is 3. The van der Waals surface area contributed by atoms with Gasteiger partial charge in [-0.1, -0.05) is 42.5 Å². The molecular weight excluding hydrogens is 252 g/mol. The molecule has 5 nitrogen and oxygen atoms in total. The second kappa shape index (κ2) is 5.36. The molecule has 1 aromatic heterocycles. The molecule has 0 fully saturated rings. The Kier molecular flexibility index (Phi) is 3.24. The third kappa shape index (κ3) is 2.56. The summed E-state index contributed by atoms with van der Waals surface area (Å²) in [5.74, 6) is -0.204. The summed E-state index contributed by atoms with van der Waals surface area (Å²) in [6.07, 6.45) is 2.85. The third-order valence-corrected chi connectivity index (χ3v) is 2.90. The zero-order chi connectivity index (χ0) is 13.8. The average molecular weight is 264 g/mol. The van der Waals surface area contributed by atoms with Gasteiger partial charge in [-0.15, -0.1) is 10.2 Å². The lowest BCUT2D eigenvalue weighted by molar-refractivity contribution is 0.101. The maximum absolute atomic E-state index is 12.0. The van der Waals surface area contributed by atoms with E-state index in [0.717, 1.165) is 11.1 Å². The van der Waals surface area contributed by atoms with E-state index in [-0.39, 0.29) is 5.91 Å². The fourth-order valence-electron chi connectivity index (χ4n) is 1.88. The quantitative estimate of drug-likeness (QED) is 0.789. The van der Waals surface area contributed by atoms with E-state index in [2.05, 4.69) is 15.6 Å². The summed E-state index contributed by atoms with van der Waals surface area (Å²) in [5, 5.41) is 7.24. The van der Waals surface area contributed by atoms with Crippen LogP contribution >= 0.6 is 0 Å². The van der Waals surface area contributed by atoms with E-state index < -0.39 is 0 Å². The number of hydrogen-bond donors (Lipinski definition) is 1. The highest BCUT2D eigenvalue weighted by atomic mass is 16.2. The predicted octanol–water partition coefficient (Wildman–Crippen LogP) is 2.33. The van der Waals surface area contributed by atoms with Crippen LogP contribution in [-0.4, -0.2) is 20.8 Å². The van der Waals surface area contributed by atoms with E-state index >= 15 is 0 Å². The van der Waals surface area contributed by atoms with Gasteiger partial charge in [0.15, 0.2) is 0 Å². The molecule has 1 amide bonds. The molecule has 2 aromatic carbocycles. The van der Waals surface area contributed by atoms with Crippen LogP contribution in [0.15, 0.2) is 67.3 Å². The van der Waals surface area contributed by atoms with Crippen LogP contribution in [0.3, 0.4) is 0 Å². The predicted molar refractivity (Wildman–Crippen MR) is 75.6 cm³/mol. The molecule has 0 atom stereocenters. The first-order chi connectivity index (χ1) is 9.83. The zero-order valence-corrected chi connectivity index (χ0v) is 10.6. The standard InChI is InChI=1S/C15H12N4O/c20-15(18-19-10-16-17-11-19)14-8-6-13(7-9-14)12-4-2-1-3-5-12/h1-11H,(H,18,20). The Labute approximate surface area is 115 Å². The molecule has 0 radical (unpaired) electrons. The molecule has 0 aliphatic rings. The van der Waals surface area contributed by atoms with Gasteiger partial charge in [-0.3, -0.25) is 10.2 Å². The van der Waals surface area contributed by atoms with Crippen molar-refractivity contribution in [1.29, 1.82) is 0 Å². The molecule has 0 saturated carbocycles. The first-order valence-corrected chi connectivity index (χ1v) is 6.14. The van der Waals surface area contributed by atoms with Crippen molar-refractivity contribution in [3.8, 4) is 11.1 Å². The molecule has 0 saturated heterocycles. The van der Waals surface area contributed by atoms with Crippen LogP contribution in [0.25, 0.3) is 11.1 Å². The van der Waals surface area contributed by atoms with Crippen molar-refractivity contribution in [3.05, 3.63) is 72.8 Å². The number of amides is 1. The van der Waals surface area contributed by atoms with Gasteiger partial charge in [0.25, 0.3) is 5.91 Å². The maximum atomic E-state index is 12.0. The van der Waals surface area contributed by atoms with Gasteiger partial charge in [0, 0.05) is 5.56 Å². The third-order valence-electron chi connectivity index (χ3n) is 2.90. The number of hydrogen-bond acceptors (Lipinski definition) is 3. The van der Waals surface area contributed by atoms with Gasteiger partial charge in [-0.25, -0.2) is 4.68 Å². The van der Waals surface area contributed by atoms with Crippen LogP contribution in [0, 0.1) is 0 Å². The second-order valence-corrected chi connectivity index (χ2v) is 4.25. The van der Waals surface area contributed by atoms with E-state index in [9.17, 15) is 4.79 Å². The minimum absolute atomic E-state index is 0.204. The lowest BCUT2D eigenvalue weighted by atomic mass is 10.0. The average Bonchev–Trinajstić information content (AvgIpc) is 3.01. The fourth-order valence-corrected chi connectivity index (χ4v) is 1.88. The molecule has 1 heterocycles.